The van der Waals surface area contributed by atoms with Gasteiger partial charge in [0, 0.05) is 26.1 Å². The molecule has 4 nitrogen and oxygen atoms in total. The maximum absolute atomic E-state index is 13.9. The predicted octanol–water partition coefficient (Wildman–Crippen LogP) is 2.68. The quantitative estimate of drug-likeness (QED) is 0.844. The van der Waals surface area contributed by atoms with Gasteiger partial charge in [0.25, 0.3) is 0 Å². The summed E-state index contributed by atoms with van der Waals surface area (Å²) < 4.78 is 13.9. The summed E-state index contributed by atoms with van der Waals surface area (Å²) in [6.45, 7) is 3.23. The number of amides is 1. The number of carbonyl (C=O) groups excluding carboxylic acids is 1. The van der Waals surface area contributed by atoms with E-state index in [1.54, 1.807) is 13.0 Å². The molecule has 3 rings (SSSR count). The number of carbonyl (C=O) groups is 1. The molecule has 0 N–H and O–H groups in total. The first-order chi connectivity index (χ1) is 10.6. The zero-order chi connectivity index (χ0) is 15.7. The minimum atomic E-state index is -0.472. The molecule has 0 saturated carbocycles. The van der Waals surface area contributed by atoms with E-state index in [-0.39, 0.29) is 23.6 Å². The van der Waals surface area contributed by atoms with E-state index in [1.165, 1.54) is 6.07 Å². The van der Waals surface area contributed by atoms with Crippen molar-refractivity contribution in [3.8, 4) is 6.07 Å². The number of hydrogen-bond acceptors (Lipinski definition) is 3. The number of likely N-dealkylation sites (tertiary alicyclic amines) is 1. The second-order valence-electron chi connectivity index (χ2n) is 6.07. The first kappa shape index (κ1) is 14.8. The molecule has 0 unspecified atom stereocenters. The first-order valence-electron chi connectivity index (χ1n) is 7.86. The van der Waals surface area contributed by atoms with Gasteiger partial charge in [-0.15, -0.1) is 0 Å². The molecule has 0 bridgehead atoms. The molecule has 0 aromatic heterocycles. The van der Waals surface area contributed by atoms with Crippen molar-refractivity contribution in [1.82, 2.24) is 4.90 Å². The van der Waals surface area contributed by atoms with E-state index < -0.39 is 5.82 Å². The summed E-state index contributed by atoms with van der Waals surface area (Å²) in [6.07, 6.45) is 3.99. The van der Waals surface area contributed by atoms with E-state index >= 15 is 0 Å². The molecule has 22 heavy (non-hydrogen) atoms. The zero-order valence-corrected chi connectivity index (χ0v) is 12.8. The van der Waals surface area contributed by atoms with Gasteiger partial charge in [-0.25, -0.2) is 4.39 Å². The van der Waals surface area contributed by atoms with Crippen LogP contribution in [0, 0.1) is 17.1 Å². The van der Waals surface area contributed by atoms with E-state index in [2.05, 4.69) is 4.90 Å². The van der Waals surface area contributed by atoms with Crippen molar-refractivity contribution in [1.29, 1.82) is 5.26 Å². The van der Waals surface area contributed by atoms with Gasteiger partial charge in [-0.05, 0) is 37.8 Å². The highest BCUT2D eigenvalue weighted by Gasteiger charge is 2.39. The SMILES string of the molecule is CC(=O)N1CCC[C@H]1[C@@H]1CCCN1c1cccc(F)c1C#N. The van der Waals surface area contributed by atoms with Crippen molar-refractivity contribution in [2.75, 3.05) is 18.0 Å². The van der Waals surface area contributed by atoms with Gasteiger partial charge in [-0.2, -0.15) is 5.26 Å². The predicted molar refractivity (Wildman–Crippen MR) is 81.9 cm³/mol. The Balaban J connectivity index is 1.93. The Morgan fingerprint density at radius 2 is 2.00 bits per heavy atom. The lowest BCUT2D eigenvalue weighted by Crippen LogP contribution is -2.48. The van der Waals surface area contributed by atoms with Crippen molar-refractivity contribution in [2.24, 2.45) is 0 Å². The largest absolute Gasteiger partial charge is 0.365 e. The van der Waals surface area contributed by atoms with E-state index in [0.717, 1.165) is 38.8 Å². The average Bonchev–Trinajstić information content (AvgIpc) is 3.15. The minimum absolute atomic E-state index is 0.106. The minimum Gasteiger partial charge on any atom is -0.365 e. The summed E-state index contributed by atoms with van der Waals surface area (Å²) in [6, 6.07) is 7.13. The number of nitrogens with zero attached hydrogens (tertiary/aromatic N) is 3. The number of nitriles is 1. The Morgan fingerprint density at radius 1 is 1.27 bits per heavy atom. The summed E-state index contributed by atoms with van der Waals surface area (Å²) in [5.41, 5.74) is 0.780. The van der Waals surface area contributed by atoms with Gasteiger partial charge in [0.2, 0.25) is 5.91 Å². The van der Waals surface area contributed by atoms with Crippen LogP contribution in [-0.2, 0) is 4.79 Å². The molecular formula is C17H20FN3O. The normalized spacial score (nSPS) is 24.6. The first-order valence-corrected chi connectivity index (χ1v) is 7.86. The fourth-order valence-corrected chi connectivity index (χ4v) is 3.94. The molecule has 2 fully saturated rings. The molecule has 2 atom stereocenters. The molecule has 2 heterocycles. The van der Waals surface area contributed by atoms with Crippen LogP contribution >= 0.6 is 0 Å². The molecule has 5 heteroatoms. The summed E-state index contributed by atoms with van der Waals surface area (Å²) in [5, 5.41) is 9.27. The molecule has 1 aromatic carbocycles. The van der Waals surface area contributed by atoms with Crippen molar-refractivity contribution in [3.63, 3.8) is 0 Å². The van der Waals surface area contributed by atoms with Crippen LogP contribution in [0.3, 0.4) is 0 Å². The molecule has 1 aromatic rings. The molecule has 1 amide bonds. The average molecular weight is 301 g/mol. The van der Waals surface area contributed by atoms with Crippen LogP contribution in [0.1, 0.15) is 38.2 Å². The monoisotopic (exact) mass is 301 g/mol. The Hall–Kier alpha value is -2.09. The lowest BCUT2D eigenvalue weighted by Gasteiger charge is -2.36. The molecule has 0 spiro atoms. The summed E-state index contributed by atoms with van der Waals surface area (Å²) in [7, 11) is 0. The van der Waals surface area contributed by atoms with Gasteiger partial charge in [0.05, 0.1) is 11.7 Å². The van der Waals surface area contributed by atoms with Gasteiger partial charge in [-0.1, -0.05) is 6.07 Å². The molecular weight excluding hydrogens is 281 g/mol. The number of halogens is 1. The Bertz CT molecular complexity index is 625. The van der Waals surface area contributed by atoms with Crippen molar-refractivity contribution < 1.29 is 9.18 Å². The highest BCUT2D eigenvalue weighted by Crippen LogP contribution is 2.35. The van der Waals surface area contributed by atoms with Gasteiger partial charge in [0.1, 0.15) is 17.4 Å². The third-order valence-electron chi connectivity index (χ3n) is 4.86. The molecule has 2 saturated heterocycles. The lowest BCUT2D eigenvalue weighted by atomic mass is 10.0. The van der Waals surface area contributed by atoms with Crippen LogP contribution in [0.15, 0.2) is 18.2 Å². The van der Waals surface area contributed by atoms with Crippen LogP contribution in [-0.4, -0.2) is 36.0 Å². The third-order valence-corrected chi connectivity index (χ3v) is 4.86. The van der Waals surface area contributed by atoms with Crippen LogP contribution < -0.4 is 4.90 Å². The fraction of sp³-hybridized carbons (Fsp3) is 0.529. The van der Waals surface area contributed by atoms with Gasteiger partial charge in [-0.3, -0.25) is 4.79 Å². The third kappa shape index (κ3) is 2.43. The molecule has 2 aliphatic heterocycles. The Morgan fingerprint density at radius 3 is 2.73 bits per heavy atom. The van der Waals surface area contributed by atoms with E-state index in [1.807, 2.05) is 17.0 Å². The van der Waals surface area contributed by atoms with Crippen LogP contribution in [0.2, 0.25) is 0 Å². The van der Waals surface area contributed by atoms with Crippen molar-refractivity contribution in [2.45, 2.75) is 44.7 Å². The number of benzene rings is 1. The Kier molecular flexibility index (Phi) is 4.02. The van der Waals surface area contributed by atoms with Crippen LogP contribution in [0.25, 0.3) is 0 Å². The second kappa shape index (κ2) is 5.96. The molecule has 0 radical (unpaired) electrons. The molecule has 0 aliphatic carbocycles. The summed E-state index contributed by atoms with van der Waals surface area (Å²) in [4.78, 5) is 15.9. The van der Waals surface area contributed by atoms with Crippen LogP contribution in [0.5, 0.6) is 0 Å². The number of rotatable bonds is 2. The van der Waals surface area contributed by atoms with E-state index in [9.17, 15) is 14.4 Å². The highest BCUT2D eigenvalue weighted by atomic mass is 19.1. The summed E-state index contributed by atoms with van der Waals surface area (Å²) >= 11 is 0. The summed E-state index contributed by atoms with van der Waals surface area (Å²) in [5.74, 6) is -0.366. The standard InChI is InChI=1S/C17H20FN3O/c1-12(22)20-9-3-7-16(20)17-8-4-10-21(17)15-6-2-5-14(18)13(15)11-19/h2,5-6,16-17H,3-4,7-10H2,1H3/t16-,17-/m0/s1. The lowest BCUT2D eigenvalue weighted by molar-refractivity contribution is -0.129. The van der Waals surface area contributed by atoms with Crippen molar-refractivity contribution in [3.05, 3.63) is 29.6 Å². The molecule has 2 aliphatic rings. The van der Waals surface area contributed by atoms with Crippen LogP contribution in [0.4, 0.5) is 10.1 Å². The highest BCUT2D eigenvalue weighted by molar-refractivity contribution is 5.74. The number of anilines is 1. The molecule has 116 valence electrons. The topological polar surface area (TPSA) is 47.3 Å². The van der Waals surface area contributed by atoms with Gasteiger partial charge >= 0.3 is 0 Å². The Labute approximate surface area is 130 Å². The van der Waals surface area contributed by atoms with E-state index in [4.69, 9.17) is 0 Å². The fourth-order valence-electron chi connectivity index (χ4n) is 3.94. The zero-order valence-electron chi connectivity index (χ0n) is 12.8. The van der Waals surface area contributed by atoms with Crippen molar-refractivity contribution >= 4 is 11.6 Å². The maximum atomic E-state index is 13.9. The second-order valence-corrected chi connectivity index (χ2v) is 6.07. The maximum Gasteiger partial charge on any atom is 0.219 e. The number of hydrogen-bond donors (Lipinski definition) is 0. The smallest absolute Gasteiger partial charge is 0.219 e. The van der Waals surface area contributed by atoms with E-state index in [0.29, 0.717) is 5.69 Å². The van der Waals surface area contributed by atoms with Gasteiger partial charge < -0.3 is 9.80 Å². The van der Waals surface area contributed by atoms with Gasteiger partial charge in [0.15, 0.2) is 0 Å².